The van der Waals surface area contributed by atoms with Crippen molar-refractivity contribution in [1.29, 1.82) is 0 Å². The van der Waals surface area contributed by atoms with Crippen LogP contribution in [-0.2, 0) is 0 Å². The summed E-state index contributed by atoms with van der Waals surface area (Å²) < 4.78 is 10.8. The molecule has 1 aliphatic rings. The molecule has 7 heteroatoms. The fourth-order valence-electron chi connectivity index (χ4n) is 3.78. The second kappa shape index (κ2) is 9.09. The smallest absolute Gasteiger partial charge is 0.135 e. The fourth-order valence-corrected chi connectivity index (χ4v) is 3.78. The quantitative estimate of drug-likeness (QED) is 0.662. The molecular formula is C23H27N5O2. The van der Waals surface area contributed by atoms with Crippen molar-refractivity contribution in [1.82, 2.24) is 19.9 Å². The second-order valence-corrected chi connectivity index (χ2v) is 7.57. The number of pyridine rings is 1. The number of nitrogens with one attached hydrogen (secondary N) is 1. The van der Waals surface area contributed by atoms with Crippen LogP contribution in [0.3, 0.4) is 0 Å². The Labute approximate surface area is 177 Å². The van der Waals surface area contributed by atoms with Crippen LogP contribution in [0, 0.1) is 0 Å². The molecule has 0 bridgehead atoms. The number of hydrogen-bond acceptors (Lipinski definition) is 7. The van der Waals surface area contributed by atoms with Crippen molar-refractivity contribution in [3.8, 4) is 22.8 Å². The molecule has 7 nitrogen and oxygen atoms in total. The Bertz CT molecular complexity index is 974. The second-order valence-electron chi connectivity index (χ2n) is 7.57. The average molecular weight is 406 g/mol. The van der Waals surface area contributed by atoms with Crippen LogP contribution in [0.25, 0.3) is 11.3 Å². The van der Waals surface area contributed by atoms with Crippen molar-refractivity contribution >= 4 is 11.5 Å². The number of rotatable bonds is 6. The first-order valence-electron chi connectivity index (χ1n) is 10.1. The van der Waals surface area contributed by atoms with E-state index in [1.807, 2.05) is 42.6 Å². The number of methoxy groups -OCH3 is 2. The zero-order valence-electron chi connectivity index (χ0n) is 17.6. The monoisotopic (exact) mass is 405 g/mol. The molecule has 4 rings (SSSR count). The molecule has 1 aromatic carbocycles. The van der Waals surface area contributed by atoms with Crippen LogP contribution in [0.2, 0.25) is 0 Å². The van der Waals surface area contributed by atoms with Gasteiger partial charge in [-0.2, -0.15) is 0 Å². The molecule has 1 N–H and O–H groups in total. The van der Waals surface area contributed by atoms with Gasteiger partial charge in [0.25, 0.3) is 0 Å². The summed E-state index contributed by atoms with van der Waals surface area (Å²) in [7, 11) is 5.43. The highest BCUT2D eigenvalue weighted by molar-refractivity contribution is 5.66. The van der Waals surface area contributed by atoms with Crippen LogP contribution in [0.4, 0.5) is 11.5 Å². The van der Waals surface area contributed by atoms with E-state index in [2.05, 4.69) is 22.2 Å². The Kier molecular flexibility index (Phi) is 6.09. The van der Waals surface area contributed by atoms with Gasteiger partial charge in [-0.25, -0.2) is 9.97 Å². The number of ether oxygens (including phenoxy) is 2. The van der Waals surface area contributed by atoms with Crippen molar-refractivity contribution in [2.24, 2.45) is 0 Å². The third-order valence-electron chi connectivity index (χ3n) is 5.31. The van der Waals surface area contributed by atoms with Gasteiger partial charge in [0, 0.05) is 60.4 Å². The van der Waals surface area contributed by atoms with Crippen molar-refractivity contribution < 1.29 is 9.47 Å². The van der Waals surface area contributed by atoms with Crippen molar-refractivity contribution in [3.05, 3.63) is 54.6 Å². The number of piperidine rings is 1. The van der Waals surface area contributed by atoms with E-state index in [1.54, 1.807) is 20.4 Å². The highest BCUT2D eigenvalue weighted by atomic mass is 16.5. The lowest BCUT2D eigenvalue weighted by molar-refractivity contribution is 0.246. The standard InChI is InChI=1S/C23H27N5O2/c1-28-9-5-7-17(15-28)23-26-21(16-6-4-8-24-14-16)13-22(27-23)25-18-10-19(29-2)12-20(11-18)30-3/h4,6,8,10-14,17H,5,7,9,15H2,1-3H3,(H,25,26,27). The molecule has 30 heavy (non-hydrogen) atoms. The van der Waals surface area contributed by atoms with Gasteiger partial charge in [0.05, 0.1) is 19.9 Å². The third-order valence-corrected chi connectivity index (χ3v) is 5.31. The summed E-state index contributed by atoms with van der Waals surface area (Å²) in [6.45, 7) is 2.08. The maximum absolute atomic E-state index is 5.39. The molecule has 1 atom stereocenters. The zero-order valence-corrected chi connectivity index (χ0v) is 17.6. The van der Waals surface area contributed by atoms with Crippen LogP contribution in [0.15, 0.2) is 48.8 Å². The molecule has 0 radical (unpaired) electrons. The topological polar surface area (TPSA) is 72.4 Å². The van der Waals surface area contributed by atoms with Gasteiger partial charge in [-0.3, -0.25) is 4.98 Å². The fraction of sp³-hybridized carbons (Fsp3) is 0.348. The van der Waals surface area contributed by atoms with Gasteiger partial charge in [0.15, 0.2) is 0 Å². The Balaban J connectivity index is 1.72. The lowest BCUT2D eigenvalue weighted by Gasteiger charge is -2.29. The lowest BCUT2D eigenvalue weighted by atomic mass is 9.97. The van der Waals surface area contributed by atoms with Crippen LogP contribution in [0.1, 0.15) is 24.6 Å². The number of hydrogen-bond donors (Lipinski definition) is 1. The molecule has 1 unspecified atom stereocenters. The molecule has 0 saturated carbocycles. The van der Waals surface area contributed by atoms with Gasteiger partial charge in [0.2, 0.25) is 0 Å². The number of aromatic nitrogens is 3. The summed E-state index contributed by atoms with van der Waals surface area (Å²) in [5.41, 5.74) is 2.67. The number of anilines is 2. The molecule has 1 aliphatic heterocycles. The van der Waals surface area contributed by atoms with Gasteiger partial charge in [-0.05, 0) is 38.6 Å². The van der Waals surface area contributed by atoms with Crippen LogP contribution in [0.5, 0.6) is 11.5 Å². The van der Waals surface area contributed by atoms with E-state index in [4.69, 9.17) is 19.4 Å². The molecule has 0 amide bonds. The maximum Gasteiger partial charge on any atom is 0.135 e. The van der Waals surface area contributed by atoms with Gasteiger partial charge in [0.1, 0.15) is 23.1 Å². The van der Waals surface area contributed by atoms with Crippen molar-refractivity contribution in [3.63, 3.8) is 0 Å². The molecule has 156 valence electrons. The van der Waals surface area contributed by atoms with E-state index in [9.17, 15) is 0 Å². The zero-order chi connectivity index (χ0) is 20.9. The maximum atomic E-state index is 5.39. The predicted molar refractivity (Wildman–Crippen MR) is 118 cm³/mol. The van der Waals surface area contributed by atoms with Crippen LogP contribution < -0.4 is 14.8 Å². The van der Waals surface area contributed by atoms with Gasteiger partial charge < -0.3 is 19.7 Å². The predicted octanol–water partition coefficient (Wildman–Crippen LogP) is 4.11. The molecule has 3 aromatic rings. The minimum absolute atomic E-state index is 0.306. The van der Waals surface area contributed by atoms with Gasteiger partial charge in [-0.15, -0.1) is 0 Å². The first-order chi connectivity index (χ1) is 14.6. The van der Waals surface area contributed by atoms with E-state index >= 15 is 0 Å². The number of nitrogens with zero attached hydrogens (tertiary/aromatic N) is 4. The highest BCUT2D eigenvalue weighted by Crippen LogP contribution is 2.31. The summed E-state index contributed by atoms with van der Waals surface area (Å²) in [6.07, 6.45) is 5.84. The summed E-state index contributed by atoms with van der Waals surface area (Å²) >= 11 is 0. The first kappa shape index (κ1) is 20.1. The Hall–Kier alpha value is -3.19. The molecular weight excluding hydrogens is 378 g/mol. The molecule has 0 spiro atoms. The van der Waals surface area contributed by atoms with Crippen molar-refractivity contribution in [2.75, 3.05) is 39.7 Å². The molecule has 2 aromatic heterocycles. The molecule has 1 saturated heterocycles. The third kappa shape index (κ3) is 4.68. The number of likely N-dealkylation sites (N-methyl/N-ethyl adjacent to an activating group) is 1. The van der Waals surface area contributed by atoms with Crippen LogP contribution in [-0.4, -0.2) is 54.2 Å². The molecule has 0 aliphatic carbocycles. The van der Waals surface area contributed by atoms with Gasteiger partial charge >= 0.3 is 0 Å². The Morgan fingerprint density at radius 3 is 2.53 bits per heavy atom. The summed E-state index contributed by atoms with van der Waals surface area (Å²) in [5, 5.41) is 3.41. The van der Waals surface area contributed by atoms with Crippen molar-refractivity contribution in [2.45, 2.75) is 18.8 Å². The SMILES string of the molecule is COc1cc(Nc2cc(-c3cccnc3)nc(C3CCCN(C)C3)n2)cc(OC)c1. The molecule has 3 heterocycles. The Morgan fingerprint density at radius 1 is 1.07 bits per heavy atom. The van der Waals surface area contributed by atoms with Crippen LogP contribution >= 0.6 is 0 Å². The first-order valence-corrected chi connectivity index (χ1v) is 10.1. The van der Waals surface area contributed by atoms with E-state index in [0.29, 0.717) is 17.4 Å². The largest absolute Gasteiger partial charge is 0.497 e. The van der Waals surface area contributed by atoms with E-state index < -0.39 is 0 Å². The number of benzene rings is 1. The summed E-state index contributed by atoms with van der Waals surface area (Å²) in [4.78, 5) is 16.4. The summed E-state index contributed by atoms with van der Waals surface area (Å²) in [6, 6.07) is 11.6. The number of likely N-dealkylation sites (tertiary alicyclic amines) is 1. The van der Waals surface area contributed by atoms with E-state index in [-0.39, 0.29) is 0 Å². The van der Waals surface area contributed by atoms with Gasteiger partial charge in [-0.1, -0.05) is 0 Å². The molecule has 1 fully saturated rings. The lowest BCUT2D eigenvalue weighted by Crippen LogP contribution is -2.31. The van der Waals surface area contributed by atoms with E-state index in [1.165, 1.54) is 0 Å². The Morgan fingerprint density at radius 2 is 1.87 bits per heavy atom. The van der Waals surface area contributed by atoms with E-state index in [0.717, 1.165) is 54.5 Å². The average Bonchev–Trinajstić information content (AvgIpc) is 2.79. The summed E-state index contributed by atoms with van der Waals surface area (Å²) in [5.74, 6) is 3.34. The highest BCUT2D eigenvalue weighted by Gasteiger charge is 2.22. The minimum Gasteiger partial charge on any atom is -0.497 e. The normalized spacial score (nSPS) is 16.8. The minimum atomic E-state index is 0.306.